The van der Waals surface area contributed by atoms with Crippen molar-refractivity contribution in [1.29, 1.82) is 0 Å². The number of hydrazone groups is 1. The molecule has 0 saturated heterocycles. The van der Waals surface area contributed by atoms with Gasteiger partial charge in [-0.05, 0) is 61.0 Å². The summed E-state index contributed by atoms with van der Waals surface area (Å²) in [4.78, 5) is 11.2. The molecule has 0 aliphatic carbocycles. The molecule has 3 aromatic rings. The van der Waals surface area contributed by atoms with Crippen LogP contribution in [0, 0.1) is 0 Å². The zero-order valence-corrected chi connectivity index (χ0v) is 17.5. The summed E-state index contributed by atoms with van der Waals surface area (Å²) in [7, 11) is 1.65. The highest BCUT2D eigenvalue weighted by molar-refractivity contribution is 6.05. The van der Waals surface area contributed by atoms with E-state index in [1.807, 2.05) is 60.5 Å². The number of rotatable bonds is 7. The molecule has 1 aliphatic rings. The Hall–Kier alpha value is -3.80. The van der Waals surface area contributed by atoms with Crippen LogP contribution in [0.1, 0.15) is 40.9 Å². The number of carbonyl (C=O) groups is 1. The average Bonchev–Trinajstić information content (AvgIpc) is 3.25. The minimum Gasteiger partial charge on any atom is -0.497 e. The number of carboxylic acids is 1. The summed E-state index contributed by atoms with van der Waals surface area (Å²) in [5.41, 5.74) is 4.06. The van der Waals surface area contributed by atoms with Crippen LogP contribution in [0.15, 0.2) is 77.9 Å². The summed E-state index contributed by atoms with van der Waals surface area (Å²) in [5.74, 6) is 0.650. The maximum atomic E-state index is 11.2. The number of hydrogen-bond donors (Lipinski definition) is 1. The Balaban J connectivity index is 1.74. The zero-order chi connectivity index (χ0) is 21.8. The van der Waals surface area contributed by atoms with Gasteiger partial charge in [-0.3, -0.25) is 5.01 Å². The topological polar surface area (TPSA) is 71.4 Å². The molecule has 0 fully saturated rings. The molecule has 4 rings (SSSR count). The molecule has 6 nitrogen and oxygen atoms in total. The van der Waals surface area contributed by atoms with Gasteiger partial charge in [-0.1, -0.05) is 24.3 Å². The molecule has 1 aliphatic heterocycles. The first-order valence-electron chi connectivity index (χ1n) is 10.2. The first-order valence-corrected chi connectivity index (χ1v) is 10.2. The smallest absolute Gasteiger partial charge is 0.335 e. The number of aromatic carboxylic acids is 1. The second kappa shape index (κ2) is 8.92. The molecule has 1 atom stereocenters. The lowest BCUT2D eigenvalue weighted by Crippen LogP contribution is -2.18. The van der Waals surface area contributed by atoms with E-state index in [1.165, 1.54) is 0 Å². The molecular weight excluding hydrogens is 392 g/mol. The van der Waals surface area contributed by atoms with E-state index in [0.29, 0.717) is 13.0 Å². The van der Waals surface area contributed by atoms with Gasteiger partial charge in [-0.15, -0.1) is 0 Å². The van der Waals surface area contributed by atoms with Crippen molar-refractivity contribution >= 4 is 17.4 Å². The lowest BCUT2D eigenvalue weighted by molar-refractivity contribution is 0.0697. The van der Waals surface area contributed by atoms with Gasteiger partial charge < -0.3 is 14.6 Å². The van der Waals surface area contributed by atoms with Crippen molar-refractivity contribution in [3.63, 3.8) is 0 Å². The summed E-state index contributed by atoms with van der Waals surface area (Å²) in [6, 6.07) is 22.6. The zero-order valence-electron chi connectivity index (χ0n) is 17.5. The third-order valence-electron chi connectivity index (χ3n) is 5.29. The molecule has 0 spiro atoms. The predicted octanol–water partition coefficient (Wildman–Crippen LogP) is 5.15. The third kappa shape index (κ3) is 4.23. The highest BCUT2D eigenvalue weighted by atomic mass is 16.5. The Morgan fingerprint density at radius 1 is 1.06 bits per heavy atom. The van der Waals surface area contributed by atoms with Gasteiger partial charge in [0.2, 0.25) is 0 Å². The van der Waals surface area contributed by atoms with Crippen molar-refractivity contribution in [2.75, 3.05) is 18.7 Å². The molecule has 0 radical (unpaired) electrons. The van der Waals surface area contributed by atoms with Crippen LogP contribution < -0.4 is 14.5 Å². The SMILES string of the molecule is CCOc1ccccc1C1=NN(c2ccc(C(=O)O)cc2)C(c2ccc(OC)cc2)C1. The molecule has 0 aromatic heterocycles. The fourth-order valence-electron chi connectivity index (χ4n) is 3.74. The van der Waals surface area contributed by atoms with E-state index in [2.05, 4.69) is 0 Å². The monoisotopic (exact) mass is 416 g/mol. The largest absolute Gasteiger partial charge is 0.497 e. The number of anilines is 1. The van der Waals surface area contributed by atoms with Gasteiger partial charge in [-0.25, -0.2) is 4.79 Å². The molecule has 1 unspecified atom stereocenters. The van der Waals surface area contributed by atoms with Crippen LogP contribution in [0.4, 0.5) is 5.69 Å². The Labute approximate surface area is 181 Å². The van der Waals surface area contributed by atoms with Gasteiger partial charge in [0, 0.05) is 12.0 Å². The van der Waals surface area contributed by atoms with Crippen molar-refractivity contribution in [2.24, 2.45) is 5.10 Å². The van der Waals surface area contributed by atoms with Crippen molar-refractivity contribution in [2.45, 2.75) is 19.4 Å². The second-order valence-corrected chi connectivity index (χ2v) is 7.17. The number of nitrogens with zero attached hydrogens (tertiary/aromatic N) is 2. The van der Waals surface area contributed by atoms with Crippen LogP contribution >= 0.6 is 0 Å². The van der Waals surface area contributed by atoms with Crippen molar-refractivity contribution < 1.29 is 19.4 Å². The lowest BCUT2D eigenvalue weighted by Gasteiger charge is -2.24. The van der Waals surface area contributed by atoms with E-state index in [0.717, 1.165) is 34.0 Å². The van der Waals surface area contributed by atoms with E-state index >= 15 is 0 Å². The van der Waals surface area contributed by atoms with Crippen LogP contribution in [-0.2, 0) is 0 Å². The second-order valence-electron chi connectivity index (χ2n) is 7.17. The van der Waals surface area contributed by atoms with Gasteiger partial charge in [0.25, 0.3) is 0 Å². The van der Waals surface area contributed by atoms with E-state index in [-0.39, 0.29) is 11.6 Å². The summed E-state index contributed by atoms with van der Waals surface area (Å²) < 4.78 is 11.1. The quantitative estimate of drug-likeness (QED) is 0.577. The summed E-state index contributed by atoms with van der Waals surface area (Å²) in [6.45, 7) is 2.54. The van der Waals surface area contributed by atoms with Crippen molar-refractivity contribution in [1.82, 2.24) is 0 Å². The van der Waals surface area contributed by atoms with E-state index < -0.39 is 5.97 Å². The normalized spacial score (nSPS) is 15.5. The standard InChI is InChI=1S/C25H24N2O4/c1-3-31-24-7-5-4-6-21(24)22-16-23(17-10-14-20(30-2)15-11-17)27(26-22)19-12-8-18(9-13-19)25(28)29/h4-15,23H,3,16H2,1-2H3,(H,28,29). The number of hydrogen-bond acceptors (Lipinski definition) is 5. The van der Waals surface area contributed by atoms with Crippen LogP contribution in [0.5, 0.6) is 11.5 Å². The number of para-hydroxylation sites is 1. The number of methoxy groups -OCH3 is 1. The van der Waals surface area contributed by atoms with Gasteiger partial charge in [0.15, 0.2) is 0 Å². The number of benzene rings is 3. The first kappa shape index (κ1) is 20.5. The number of ether oxygens (including phenoxy) is 2. The molecule has 1 N–H and O–H groups in total. The molecule has 6 heteroatoms. The van der Waals surface area contributed by atoms with Crippen molar-refractivity contribution in [3.05, 3.63) is 89.5 Å². The Morgan fingerprint density at radius 3 is 2.42 bits per heavy atom. The minimum atomic E-state index is -0.950. The maximum Gasteiger partial charge on any atom is 0.335 e. The molecule has 158 valence electrons. The van der Waals surface area contributed by atoms with E-state index in [4.69, 9.17) is 14.6 Å². The third-order valence-corrected chi connectivity index (χ3v) is 5.29. The molecule has 3 aromatic carbocycles. The van der Waals surface area contributed by atoms with E-state index in [1.54, 1.807) is 31.4 Å². The lowest BCUT2D eigenvalue weighted by atomic mass is 9.97. The van der Waals surface area contributed by atoms with Gasteiger partial charge in [0.05, 0.1) is 36.7 Å². The highest BCUT2D eigenvalue weighted by Crippen LogP contribution is 2.38. The van der Waals surface area contributed by atoms with Crippen LogP contribution in [0.25, 0.3) is 0 Å². The van der Waals surface area contributed by atoms with Gasteiger partial charge in [-0.2, -0.15) is 5.10 Å². The van der Waals surface area contributed by atoms with Crippen LogP contribution in [0.3, 0.4) is 0 Å². The summed E-state index contributed by atoms with van der Waals surface area (Å²) >= 11 is 0. The Morgan fingerprint density at radius 2 is 1.77 bits per heavy atom. The summed E-state index contributed by atoms with van der Waals surface area (Å²) in [6.07, 6.45) is 0.692. The van der Waals surface area contributed by atoms with Crippen molar-refractivity contribution in [3.8, 4) is 11.5 Å². The minimum absolute atomic E-state index is 0.0359. The predicted molar refractivity (Wildman–Crippen MR) is 120 cm³/mol. The molecule has 0 bridgehead atoms. The van der Waals surface area contributed by atoms with Crippen LogP contribution in [-0.4, -0.2) is 30.5 Å². The fraction of sp³-hybridized carbons (Fsp3) is 0.200. The van der Waals surface area contributed by atoms with Crippen LogP contribution in [0.2, 0.25) is 0 Å². The molecular formula is C25H24N2O4. The maximum absolute atomic E-state index is 11.2. The molecule has 0 saturated carbocycles. The molecule has 1 heterocycles. The first-order chi connectivity index (χ1) is 15.1. The highest BCUT2D eigenvalue weighted by Gasteiger charge is 2.31. The Kier molecular flexibility index (Phi) is 5.89. The Bertz CT molecular complexity index is 1090. The van der Waals surface area contributed by atoms with Gasteiger partial charge in [0.1, 0.15) is 11.5 Å². The van der Waals surface area contributed by atoms with E-state index in [9.17, 15) is 9.90 Å². The fourth-order valence-corrected chi connectivity index (χ4v) is 3.74. The molecule has 31 heavy (non-hydrogen) atoms. The average molecular weight is 416 g/mol. The van der Waals surface area contributed by atoms with Gasteiger partial charge >= 0.3 is 5.97 Å². The summed E-state index contributed by atoms with van der Waals surface area (Å²) in [5, 5.41) is 16.1. The molecule has 0 amide bonds. The number of carboxylic acid groups (broad SMARTS) is 1.